The summed E-state index contributed by atoms with van der Waals surface area (Å²) < 4.78 is 23.4. The fourth-order valence-corrected chi connectivity index (χ4v) is 1.82. The standard InChI is InChI=1S/C13H14FNO5/c14-9-3-1-2-4-10(9)20-8-12(16)15-5-6-19-11(7-15)13(17)18/h1-4,11H,5-8H2,(H,17,18). The molecule has 1 amide bonds. The van der Waals surface area contributed by atoms with E-state index in [0.29, 0.717) is 6.54 Å². The van der Waals surface area contributed by atoms with Crippen molar-refractivity contribution in [3.8, 4) is 5.75 Å². The van der Waals surface area contributed by atoms with E-state index in [4.69, 9.17) is 14.6 Å². The van der Waals surface area contributed by atoms with Gasteiger partial charge in [-0.3, -0.25) is 4.79 Å². The first kappa shape index (κ1) is 14.3. The van der Waals surface area contributed by atoms with Gasteiger partial charge in [0.2, 0.25) is 0 Å². The van der Waals surface area contributed by atoms with Crippen molar-refractivity contribution in [3.05, 3.63) is 30.1 Å². The minimum Gasteiger partial charge on any atom is -0.481 e. The first-order valence-electron chi connectivity index (χ1n) is 6.07. The number of halogens is 1. The van der Waals surface area contributed by atoms with Crippen LogP contribution in [0.1, 0.15) is 0 Å². The molecule has 0 radical (unpaired) electrons. The molecule has 1 fully saturated rings. The minimum absolute atomic E-state index is 0.0103. The van der Waals surface area contributed by atoms with E-state index in [2.05, 4.69) is 0 Å². The minimum atomic E-state index is -1.11. The maximum atomic E-state index is 13.3. The van der Waals surface area contributed by atoms with E-state index in [-0.39, 0.29) is 25.5 Å². The highest BCUT2D eigenvalue weighted by Gasteiger charge is 2.29. The molecule has 1 aliphatic heterocycles. The predicted octanol–water partition coefficient (Wildman–Crippen LogP) is 0.516. The topological polar surface area (TPSA) is 76.1 Å². The summed E-state index contributed by atoms with van der Waals surface area (Å²) >= 11 is 0. The Morgan fingerprint density at radius 2 is 2.20 bits per heavy atom. The molecule has 0 aromatic heterocycles. The van der Waals surface area contributed by atoms with Crippen molar-refractivity contribution in [2.45, 2.75) is 6.10 Å². The van der Waals surface area contributed by atoms with Gasteiger partial charge in [-0.2, -0.15) is 0 Å². The summed E-state index contributed by atoms with van der Waals surface area (Å²) in [5, 5.41) is 8.84. The Hall–Kier alpha value is -2.15. The average molecular weight is 283 g/mol. The van der Waals surface area contributed by atoms with Crippen LogP contribution in [-0.2, 0) is 14.3 Å². The molecule has 2 rings (SSSR count). The summed E-state index contributed by atoms with van der Waals surface area (Å²) in [6.45, 7) is 0.0771. The van der Waals surface area contributed by atoms with Crippen molar-refractivity contribution >= 4 is 11.9 Å². The van der Waals surface area contributed by atoms with Gasteiger partial charge in [0.1, 0.15) is 0 Å². The number of nitrogens with zero attached hydrogens (tertiary/aromatic N) is 1. The summed E-state index contributed by atoms with van der Waals surface area (Å²) in [6, 6.07) is 5.76. The van der Waals surface area contributed by atoms with Crippen molar-refractivity contribution in [1.82, 2.24) is 4.90 Å². The van der Waals surface area contributed by atoms with Crippen molar-refractivity contribution in [1.29, 1.82) is 0 Å². The van der Waals surface area contributed by atoms with Gasteiger partial charge in [-0.1, -0.05) is 12.1 Å². The second-order valence-corrected chi connectivity index (χ2v) is 4.26. The number of hydrogen-bond donors (Lipinski definition) is 1. The smallest absolute Gasteiger partial charge is 0.334 e. The van der Waals surface area contributed by atoms with Crippen LogP contribution in [0.2, 0.25) is 0 Å². The largest absolute Gasteiger partial charge is 0.481 e. The zero-order valence-electron chi connectivity index (χ0n) is 10.6. The van der Waals surface area contributed by atoms with Crippen molar-refractivity contribution in [2.24, 2.45) is 0 Å². The van der Waals surface area contributed by atoms with Gasteiger partial charge in [0.15, 0.2) is 24.3 Å². The molecule has 0 saturated carbocycles. The highest BCUT2D eigenvalue weighted by molar-refractivity contribution is 5.79. The van der Waals surface area contributed by atoms with Crippen molar-refractivity contribution in [3.63, 3.8) is 0 Å². The van der Waals surface area contributed by atoms with Crippen molar-refractivity contribution in [2.75, 3.05) is 26.3 Å². The highest BCUT2D eigenvalue weighted by Crippen LogP contribution is 2.15. The normalized spacial score (nSPS) is 18.6. The van der Waals surface area contributed by atoms with E-state index in [1.54, 1.807) is 6.07 Å². The van der Waals surface area contributed by atoms with Crippen LogP contribution in [-0.4, -0.2) is 54.3 Å². The number of rotatable bonds is 4. The Labute approximate surface area is 114 Å². The molecule has 1 saturated heterocycles. The molecule has 1 aromatic rings. The number of hydrogen-bond acceptors (Lipinski definition) is 4. The van der Waals surface area contributed by atoms with Crippen LogP contribution in [0.5, 0.6) is 5.75 Å². The van der Waals surface area contributed by atoms with E-state index in [0.717, 1.165) is 0 Å². The van der Waals surface area contributed by atoms with Gasteiger partial charge < -0.3 is 19.5 Å². The quantitative estimate of drug-likeness (QED) is 0.871. The number of ether oxygens (including phenoxy) is 2. The number of carboxylic acid groups (broad SMARTS) is 1. The second-order valence-electron chi connectivity index (χ2n) is 4.26. The van der Waals surface area contributed by atoms with Gasteiger partial charge >= 0.3 is 5.97 Å². The number of carboxylic acids is 1. The monoisotopic (exact) mass is 283 g/mol. The van der Waals surface area contributed by atoms with Crippen LogP contribution in [0.4, 0.5) is 4.39 Å². The molecular weight excluding hydrogens is 269 g/mol. The summed E-state index contributed by atoms with van der Waals surface area (Å²) in [7, 11) is 0. The molecule has 1 heterocycles. The first-order chi connectivity index (χ1) is 9.58. The number of para-hydroxylation sites is 1. The van der Waals surface area contributed by atoms with E-state index in [1.165, 1.54) is 23.1 Å². The number of benzene rings is 1. The third-order valence-corrected chi connectivity index (χ3v) is 2.88. The number of aliphatic carboxylic acids is 1. The maximum absolute atomic E-state index is 13.3. The van der Waals surface area contributed by atoms with Crippen LogP contribution in [0.3, 0.4) is 0 Å². The zero-order chi connectivity index (χ0) is 14.5. The highest BCUT2D eigenvalue weighted by atomic mass is 19.1. The summed E-state index contributed by atoms with van der Waals surface area (Å²) in [5.41, 5.74) is 0. The van der Waals surface area contributed by atoms with Gasteiger partial charge in [-0.25, -0.2) is 9.18 Å². The Kier molecular flexibility index (Phi) is 4.52. The SMILES string of the molecule is O=C(O)C1CN(C(=O)COc2ccccc2F)CCO1. The summed E-state index contributed by atoms with van der Waals surface area (Å²) in [4.78, 5) is 24.0. The Morgan fingerprint density at radius 1 is 1.45 bits per heavy atom. The molecule has 6 nitrogen and oxygen atoms in total. The molecule has 1 aromatic carbocycles. The van der Waals surface area contributed by atoms with Gasteiger partial charge in [-0.05, 0) is 12.1 Å². The van der Waals surface area contributed by atoms with E-state index in [9.17, 15) is 14.0 Å². The molecule has 1 N–H and O–H groups in total. The molecule has 1 aliphatic rings. The Morgan fingerprint density at radius 3 is 2.90 bits per heavy atom. The summed E-state index contributed by atoms with van der Waals surface area (Å²) in [6.07, 6.45) is -1.03. The van der Waals surface area contributed by atoms with E-state index >= 15 is 0 Å². The lowest BCUT2D eigenvalue weighted by Gasteiger charge is -2.30. The molecular formula is C13H14FNO5. The maximum Gasteiger partial charge on any atom is 0.334 e. The van der Waals surface area contributed by atoms with Gasteiger partial charge in [0.25, 0.3) is 5.91 Å². The van der Waals surface area contributed by atoms with E-state index < -0.39 is 23.8 Å². The van der Waals surface area contributed by atoms with Gasteiger partial charge in [-0.15, -0.1) is 0 Å². The van der Waals surface area contributed by atoms with E-state index in [1.807, 2.05) is 0 Å². The van der Waals surface area contributed by atoms with Crippen LogP contribution in [0, 0.1) is 5.82 Å². The Bertz CT molecular complexity index is 507. The molecule has 7 heteroatoms. The van der Waals surface area contributed by atoms with Crippen LogP contribution in [0.25, 0.3) is 0 Å². The number of carbonyl (C=O) groups excluding carboxylic acids is 1. The fourth-order valence-electron chi connectivity index (χ4n) is 1.82. The number of amides is 1. The second kappa shape index (κ2) is 6.33. The lowest BCUT2D eigenvalue weighted by atomic mass is 10.2. The molecule has 108 valence electrons. The number of morpholine rings is 1. The molecule has 20 heavy (non-hydrogen) atoms. The van der Waals surface area contributed by atoms with Gasteiger partial charge in [0, 0.05) is 6.54 Å². The van der Waals surface area contributed by atoms with Crippen molar-refractivity contribution < 1.29 is 28.6 Å². The fraction of sp³-hybridized carbons (Fsp3) is 0.385. The lowest BCUT2D eigenvalue weighted by Crippen LogP contribution is -2.49. The van der Waals surface area contributed by atoms with Crippen LogP contribution < -0.4 is 4.74 Å². The van der Waals surface area contributed by atoms with Gasteiger partial charge in [0.05, 0.1) is 13.2 Å². The molecule has 1 unspecified atom stereocenters. The zero-order valence-corrected chi connectivity index (χ0v) is 10.6. The molecule has 0 spiro atoms. The third-order valence-electron chi connectivity index (χ3n) is 2.88. The van der Waals surface area contributed by atoms with Crippen LogP contribution in [0.15, 0.2) is 24.3 Å². The predicted molar refractivity (Wildman–Crippen MR) is 65.9 cm³/mol. The number of carbonyl (C=O) groups is 2. The lowest BCUT2D eigenvalue weighted by molar-refractivity contribution is -0.159. The summed E-state index contributed by atoms with van der Waals surface area (Å²) in [5.74, 6) is -2.07. The first-order valence-corrected chi connectivity index (χ1v) is 6.07. The Balaban J connectivity index is 1.89. The molecule has 1 atom stereocenters. The molecule has 0 bridgehead atoms. The average Bonchev–Trinajstić information content (AvgIpc) is 2.46. The third kappa shape index (κ3) is 3.45. The van der Waals surface area contributed by atoms with Crippen LogP contribution >= 0.6 is 0 Å². The molecule has 0 aliphatic carbocycles.